The molecule has 0 aromatic heterocycles. The Kier molecular flexibility index (Phi) is 5.23. The zero-order valence-corrected chi connectivity index (χ0v) is 17.8. The second-order valence-electron chi connectivity index (χ2n) is 8.91. The maximum absolute atomic E-state index is 12.9. The van der Waals surface area contributed by atoms with Crippen molar-refractivity contribution in [3.8, 4) is 0 Å². The first-order valence-electron chi connectivity index (χ1n) is 10.7. The van der Waals surface area contributed by atoms with Crippen LogP contribution in [-0.4, -0.2) is 36.0 Å². The van der Waals surface area contributed by atoms with Crippen LogP contribution in [0.2, 0.25) is 0 Å². The standard InChI is InChI=1S/C23H29ClN2OS/c24-19-4-2-1-3-17(19)14-25-22(27)16-7-8-20-18(13-16)23(9-11-28-12-10-23)21(26-20)15-5-6-15/h1,3,7-8,13,15,18,20-21,26H,2,4-6,9-12,14H2,(H,25,27). The van der Waals surface area contributed by atoms with Crippen LogP contribution < -0.4 is 10.6 Å². The molecule has 0 radical (unpaired) electrons. The van der Waals surface area contributed by atoms with Gasteiger partial charge in [-0.25, -0.2) is 0 Å². The molecular weight excluding hydrogens is 388 g/mol. The third kappa shape index (κ3) is 3.42. The summed E-state index contributed by atoms with van der Waals surface area (Å²) in [6.45, 7) is 0.512. The highest BCUT2D eigenvalue weighted by Gasteiger charge is 2.57. The maximum Gasteiger partial charge on any atom is 0.251 e. The van der Waals surface area contributed by atoms with Crippen LogP contribution in [0, 0.1) is 17.3 Å². The average molecular weight is 417 g/mol. The molecule has 3 nitrogen and oxygen atoms in total. The molecular formula is C23H29ClN2OS. The summed E-state index contributed by atoms with van der Waals surface area (Å²) in [6.07, 6.45) is 17.9. The molecule has 3 fully saturated rings. The largest absolute Gasteiger partial charge is 0.348 e. The molecule has 3 atom stereocenters. The second-order valence-corrected chi connectivity index (χ2v) is 10.6. The molecule has 5 aliphatic rings. The first-order chi connectivity index (χ1) is 13.7. The first kappa shape index (κ1) is 19.0. The molecule has 2 aliphatic heterocycles. The van der Waals surface area contributed by atoms with E-state index in [1.807, 2.05) is 12.2 Å². The fourth-order valence-corrected chi connectivity index (χ4v) is 7.14. The Labute approximate surface area is 177 Å². The van der Waals surface area contributed by atoms with Crippen molar-refractivity contribution in [2.45, 2.75) is 50.6 Å². The maximum atomic E-state index is 12.9. The summed E-state index contributed by atoms with van der Waals surface area (Å²) >= 11 is 8.40. The fourth-order valence-electron chi connectivity index (χ4n) is 5.64. The van der Waals surface area contributed by atoms with Crippen molar-refractivity contribution >= 4 is 29.3 Å². The van der Waals surface area contributed by atoms with Crippen LogP contribution >= 0.6 is 23.4 Å². The smallest absolute Gasteiger partial charge is 0.251 e. The van der Waals surface area contributed by atoms with Crippen molar-refractivity contribution in [2.75, 3.05) is 18.1 Å². The number of nitrogens with one attached hydrogen (secondary N) is 2. The van der Waals surface area contributed by atoms with Crippen molar-refractivity contribution in [3.63, 3.8) is 0 Å². The SMILES string of the molecule is O=C(NCC1=C(Cl)CCC=C1)C1=CC2C(C=C1)NC(C1CC1)C21CCSCC1. The Bertz CT molecular complexity index is 773. The summed E-state index contributed by atoms with van der Waals surface area (Å²) in [4.78, 5) is 12.9. The molecule has 5 rings (SSSR count). The summed E-state index contributed by atoms with van der Waals surface area (Å²) < 4.78 is 0. The van der Waals surface area contributed by atoms with E-state index in [-0.39, 0.29) is 5.91 Å². The van der Waals surface area contributed by atoms with E-state index >= 15 is 0 Å². The Balaban J connectivity index is 1.33. The van der Waals surface area contributed by atoms with Gasteiger partial charge < -0.3 is 10.6 Å². The summed E-state index contributed by atoms with van der Waals surface area (Å²) in [5, 5.41) is 7.93. The van der Waals surface area contributed by atoms with Gasteiger partial charge in [-0.05, 0) is 66.9 Å². The zero-order chi connectivity index (χ0) is 19.1. The number of carbonyl (C=O) groups excluding carboxylic acids is 1. The highest BCUT2D eigenvalue weighted by molar-refractivity contribution is 7.99. The van der Waals surface area contributed by atoms with Crippen LogP contribution in [0.1, 0.15) is 38.5 Å². The minimum atomic E-state index is 0.0286. The summed E-state index contributed by atoms with van der Waals surface area (Å²) in [5.41, 5.74) is 2.20. The molecule has 3 unspecified atom stereocenters. The molecule has 1 saturated carbocycles. The van der Waals surface area contributed by atoms with E-state index in [0.717, 1.165) is 34.9 Å². The molecule has 2 saturated heterocycles. The molecule has 0 aromatic carbocycles. The zero-order valence-electron chi connectivity index (χ0n) is 16.3. The topological polar surface area (TPSA) is 41.1 Å². The molecule has 5 heteroatoms. The average Bonchev–Trinajstić information content (AvgIpc) is 3.52. The minimum Gasteiger partial charge on any atom is -0.348 e. The number of hydrogen-bond donors (Lipinski definition) is 2. The van der Waals surface area contributed by atoms with E-state index < -0.39 is 0 Å². The van der Waals surface area contributed by atoms with Gasteiger partial charge in [0.05, 0.1) is 0 Å². The number of thioether (sulfide) groups is 1. The lowest BCUT2D eigenvalue weighted by Crippen LogP contribution is -2.43. The van der Waals surface area contributed by atoms with Crippen LogP contribution in [0.25, 0.3) is 0 Å². The number of halogens is 1. The van der Waals surface area contributed by atoms with Gasteiger partial charge in [0.1, 0.15) is 0 Å². The highest BCUT2D eigenvalue weighted by atomic mass is 35.5. The molecule has 3 aliphatic carbocycles. The number of carbonyl (C=O) groups is 1. The Morgan fingerprint density at radius 3 is 2.86 bits per heavy atom. The molecule has 1 spiro atoms. The van der Waals surface area contributed by atoms with Gasteiger partial charge in [-0.3, -0.25) is 4.79 Å². The monoisotopic (exact) mass is 416 g/mol. The Hall–Kier alpha value is -0.970. The number of allylic oxidation sites excluding steroid dienone is 2. The number of fused-ring (bicyclic) bond motifs is 2. The van der Waals surface area contributed by atoms with Gasteiger partial charge in [0, 0.05) is 35.2 Å². The highest BCUT2D eigenvalue weighted by Crippen LogP contribution is 2.57. The van der Waals surface area contributed by atoms with Gasteiger partial charge in [-0.15, -0.1) is 0 Å². The van der Waals surface area contributed by atoms with E-state index in [9.17, 15) is 4.79 Å². The lowest BCUT2D eigenvalue weighted by atomic mass is 9.65. The van der Waals surface area contributed by atoms with Crippen LogP contribution in [0.15, 0.2) is 46.6 Å². The van der Waals surface area contributed by atoms with Crippen molar-refractivity contribution in [2.24, 2.45) is 17.3 Å². The van der Waals surface area contributed by atoms with E-state index in [4.69, 9.17) is 11.6 Å². The van der Waals surface area contributed by atoms with Crippen LogP contribution in [0.4, 0.5) is 0 Å². The van der Waals surface area contributed by atoms with Crippen molar-refractivity contribution in [1.29, 1.82) is 0 Å². The van der Waals surface area contributed by atoms with E-state index in [2.05, 4.69) is 40.6 Å². The van der Waals surface area contributed by atoms with Gasteiger partial charge in [0.25, 0.3) is 5.91 Å². The van der Waals surface area contributed by atoms with Gasteiger partial charge >= 0.3 is 0 Å². The Morgan fingerprint density at radius 1 is 1.29 bits per heavy atom. The molecule has 28 heavy (non-hydrogen) atoms. The molecule has 0 aromatic rings. The van der Waals surface area contributed by atoms with Crippen molar-refractivity contribution < 1.29 is 4.79 Å². The number of hydrogen-bond acceptors (Lipinski definition) is 3. The summed E-state index contributed by atoms with van der Waals surface area (Å²) in [5.74, 6) is 3.83. The minimum absolute atomic E-state index is 0.0286. The summed E-state index contributed by atoms with van der Waals surface area (Å²) in [7, 11) is 0. The van der Waals surface area contributed by atoms with Crippen LogP contribution in [-0.2, 0) is 4.79 Å². The second kappa shape index (κ2) is 7.70. The van der Waals surface area contributed by atoms with E-state index in [1.54, 1.807) is 0 Å². The van der Waals surface area contributed by atoms with Crippen LogP contribution in [0.3, 0.4) is 0 Å². The van der Waals surface area contributed by atoms with Crippen molar-refractivity contribution in [1.82, 2.24) is 10.6 Å². The molecule has 150 valence electrons. The predicted octanol–water partition coefficient (Wildman–Crippen LogP) is 4.32. The molecule has 0 bridgehead atoms. The summed E-state index contributed by atoms with van der Waals surface area (Å²) in [6, 6.07) is 1.02. The predicted molar refractivity (Wildman–Crippen MR) is 117 cm³/mol. The Morgan fingerprint density at radius 2 is 2.11 bits per heavy atom. The molecule has 2 heterocycles. The fraction of sp³-hybridized carbons (Fsp3) is 0.609. The van der Waals surface area contributed by atoms with Gasteiger partial charge in [-0.2, -0.15) is 11.8 Å². The lowest BCUT2D eigenvalue weighted by Gasteiger charge is -2.43. The van der Waals surface area contributed by atoms with Gasteiger partial charge in [0.15, 0.2) is 0 Å². The third-order valence-electron chi connectivity index (χ3n) is 7.30. The number of rotatable bonds is 4. The van der Waals surface area contributed by atoms with Gasteiger partial charge in [0.2, 0.25) is 0 Å². The third-order valence-corrected chi connectivity index (χ3v) is 8.72. The first-order valence-corrected chi connectivity index (χ1v) is 12.3. The van der Waals surface area contributed by atoms with Gasteiger partial charge in [-0.1, -0.05) is 42.0 Å². The van der Waals surface area contributed by atoms with E-state index in [0.29, 0.717) is 30.0 Å². The number of amides is 1. The lowest BCUT2D eigenvalue weighted by molar-refractivity contribution is -0.117. The van der Waals surface area contributed by atoms with E-state index in [1.165, 1.54) is 37.2 Å². The molecule has 1 amide bonds. The quantitative estimate of drug-likeness (QED) is 0.716. The van der Waals surface area contributed by atoms with Crippen LogP contribution in [0.5, 0.6) is 0 Å². The van der Waals surface area contributed by atoms with Crippen molar-refractivity contribution in [3.05, 3.63) is 46.6 Å². The molecule has 2 N–H and O–H groups in total. The normalized spacial score (nSPS) is 33.8.